The van der Waals surface area contributed by atoms with Crippen LogP contribution in [0.2, 0.25) is 0 Å². The fourth-order valence-corrected chi connectivity index (χ4v) is 2.81. The molecule has 0 spiro atoms. The van der Waals surface area contributed by atoms with Crippen molar-refractivity contribution in [3.8, 4) is 5.75 Å². The monoisotopic (exact) mass is 311 g/mol. The summed E-state index contributed by atoms with van der Waals surface area (Å²) < 4.78 is 5.49. The van der Waals surface area contributed by atoms with Gasteiger partial charge in [0.2, 0.25) is 0 Å². The molecule has 0 unspecified atom stereocenters. The number of nitrogens with one attached hydrogen (secondary N) is 1. The van der Waals surface area contributed by atoms with Crippen LogP contribution in [0.1, 0.15) is 37.8 Å². The first-order valence-electron chi connectivity index (χ1n) is 8.08. The summed E-state index contributed by atoms with van der Waals surface area (Å²) in [4.78, 5) is 20.3. The van der Waals surface area contributed by atoms with Gasteiger partial charge in [-0.15, -0.1) is 0 Å². The second-order valence-electron chi connectivity index (χ2n) is 5.95. The van der Waals surface area contributed by atoms with E-state index < -0.39 is 0 Å². The van der Waals surface area contributed by atoms with Gasteiger partial charge in [0.05, 0.1) is 5.92 Å². The largest absolute Gasteiger partial charge is 0.426 e. The van der Waals surface area contributed by atoms with Crippen molar-refractivity contribution in [3.63, 3.8) is 0 Å². The maximum atomic E-state index is 12.1. The lowest BCUT2D eigenvalue weighted by molar-refractivity contribution is -0.139. The van der Waals surface area contributed by atoms with E-state index in [0.29, 0.717) is 5.75 Å². The summed E-state index contributed by atoms with van der Waals surface area (Å²) in [6.45, 7) is 1.92. The first kappa shape index (κ1) is 15.5. The molecule has 0 saturated heterocycles. The topological polar surface area (TPSA) is 64.1 Å². The summed E-state index contributed by atoms with van der Waals surface area (Å²) in [6.07, 6.45) is 6.91. The molecule has 1 heterocycles. The van der Waals surface area contributed by atoms with E-state index in [1.807, 2.05) is 25.1 Å². The van der Waals surface area contributed by atoms with Crippen LogP contribution >= 0.6 is 0 Å². The van der Waals surface area contributed by atoms with Crippen LogP contribution in [-0.4, -0.2) is 15.9 Å². The fraction of sp³-hybridized carbons (Fsp3) is 0.389. The molecule has 1 fully saturated rings. The molecule has 0 atom stereocenters. The highest BCUT2D eigenvalue weighted by atomic mass is 16.5. The lowest BCUT2D eigenvalue weighted by Gasteiger charge is -2.19. The number of nitrogens with zero attached hydrogens (tertiary/aromatic N) is 2. The van der Waals surface area contributed by atoms with E-state index in [0.717, 1.165) is 42.9 Å². The maximum absolute atomic E-state index is 12.1. The van der Waals surface area contributed by atoms with Crippen LogP contribution in [-0.2, 0) is 4.79 Å². The summed E-state index contributed by atoms with van der Waals surface area (Å²) in [6, 6.07) is 9.23. The first-order chi connectivity index (χ1) is 11.2. The smallest absolute Gasteiger partial charge is 0.314 e. The Morgan fingerprint density at radius 2 is 1.87 bits per heavy atom. The highest BCUT2D eigenvalue weighted by Gasteiger charge is 2.22. The molecule has 1 aromatic heterocycles. The molecule has 0 radical (unpaired) electrons. The zero-order valence-corrected chi connectivity index (χ0v) is 13.3. The molecule has 1 saturated carbocycles. The van der Waals surface area contributed by atoms with Crippen LogP contribution in [0, 0.1) is 12.8 Å². The number of esters is 1. The van der Waals surface area contributed by atoms with Gasteiger partial charge >= 0.3 is 5.97 Å². The van der Waals surface area contributed by atoms with Gasteiger partial charge in [0.15, 0.2) is 0 Å². The van der Waals surface area contributed by atoms with Gasteiger partial charge in [0, 0.05) is 17.4 Å². The number of ether oxygens (including phenoxy) is 1. The van der Waals surface area contributed by atoms with Crippen molar-refractivity contribution in [3.05, 3.63) is 42.4 Å². The van der Waals surface area contributed by atoms with Gasteiger partial charge in [-0.3, -0.25) is 4.79 Å². The lowest BCUT2D eigenvalue weighted by atomic mass is 9.89. The van der Waals surface area contributed by atoms with Gasteiger partial charge in [-0.05, 0) is 44.0 Å². The predicted molar refractivity (Wildman–Crippen MR) is 88.7 cm³/mol. The fourth-order valence-electron chi connectivity index (χ4n) is 2.81. The molecule has 1 aliphatic rings. The number of hydrogen-bond acceptors (Lipinski definition) is 5. The Kier molecular flexibility index (Phi) is 4.86. The molecule has 0 amide bonds. The summed E-state index contributed by atoms with van der Waals surface area (Å²) in [7, 11) is 0. The van der Waals surface area contributed by atoms with Crippen LogP contribution in [0.3, 0.4) is 0 Å². The molecule has 5 nitrogen and oxygen atoms in total. The van der Waals surface area contributed by atoms with Crippen LogP contribution in [0.25, 0.3) is 0 Å². The third-order valence-corrected chi connectivity index (χ3v) is 4.09. The summed E-state index contributed by atoms with van der Waals surface area (Å²) in [5, 5.41) is 3.20. The molecule has 120 valence electrons. The van der Waals surface area contributed by atoms with Gasteiger partial charge in [-0.1, -0.05) is 19.3 Å². The van der Waals surface area contributed by atoms with Crippen LogP contribution in [0.15, 0.2) is 36.7 Å². The highest BCUT2D eigenvalue weighted by molar-refractivity contribution is 5.75. The van der Waals surface area contributed by atoms with Crippen molar-refractivity contribution < 1.29 is 9.53 Å². The maximum Gasteiger partial charge on any atom is 0.314 e. The van der Waals surface area contributed by atoms with Crippen LogP contribution in [0.5, 0.6) is 5.75 Å². The standard InChI is InChI=1S/C18H21N3O2/c1-13-11-17(20-12-19-13)21-15-7-9-16(10-8-15)23-18(22)14-5-3-2-4-6-14/h7-12,14H,2-6H2,1H3,(H,19,20,21). The van der Waals surface area contributed by atoms with Crippen molar-refractivity contribution in [2.75, 3.05) is 5.32 Å². The third kappa shape index (κ3) is 4.28. The molecule has 0 aliphatic heterocycles. The average Bonchev–Trinajstić information content (AvgIpc) is 2.57. The van der Waals surface area contributed by atoms with Gasteiger partial charge in [-0.25, -0.2) is 9.97 Å². The van der Waals surface area contributed by atoms with E-state index in [-0.39, 0.29) is 11.9 Å². The number of carbonyl (C=O) groups is 1. The Morgan fingerprint density at radius 1 is 1.13 bits per heavy atom. The molecular weight excluding hydrogens is 290 g/mol. The summed E-state index contributed by atoms with van der Waals surface area (Å²) >= 11 is 0. The SMILES string of the molecule is Cc1cc(Nc2ccc(OC(=O)C3CCCCC3)cc2)ncn1. The molecule has 5 heteroatoms. The van der Waals surface area contributed by atoms with Gasteiger partial charge in [-0.2, -0.15) is 0 Å². The number of rotatable bonds is 4. The molecule has 3 rings (SSSR count). The minimum absolute atomic E-state index is 0.0607. The van der Waals surface area contributed by atoms with Crippen LogP contribution in [0.4, 0.5) is 11.5 Å². The van der Waals surface area contributed by atoms with Gasteiger partial charge in [0.1, 0.15) is 17.9 Å². The quantitative estimate of drug-likeness (QED) is 0.682. The molecule has 1 aliphatic carbocycles. The van der Waals surface area contributed by atoms with Gasteiger partial charge < -0.3 is 10.1 Å². The van der Waals surface area contributed by atoms with E-state index in [4.69, 9.17) is 4.74 Å². The van der Waals surface area contributed by atoms with Crippen molar-refractivity contribution >= 4 is 17.5 Å². The Bertz CT molecular complexity index is 664. The Morgan fingerprint density at radius 3 is 2.57 bits per heavy atom. The number of anilines is 2. The number of aryl methyl sites for hydroxylation is 1. The molecule has 1 aromatic carbocycles. The molecule has 23 heavy (non-hydrogen) atoms. The Balaban J connectivity index is 1.59. The van der Waals surface area contributed by atoms with Crippen molar-refractivity contribution in [2.24, 2.45) is 5.92 Å². The second kappa shape index (κ2) is 7.22. The van der Waals surface area contributed by atoms with Crippen molar-refractivity contribution in [1.82, 2.24) is 9.97 Å². The first-order valence-corrected chi connectivity index (χ1v) is 8.08. The normalized spacial score (nSPS) is 15.2. The van der Waals surface area contributed by atoms with Crippen molar-refractivity contribution in [2.45, 2.75) is 39.0 Å². The Labute approximate surface area is 136 Å². The van der Waals surface area contributed by atoms with Gasteiger partial charge in [0.25, 0.3) is 0 Å². The molecule has 0 bridgehead atoms. The minimum Gasteiger partial charge on any atom is -0.426 e. The predicted octanol–water partition coefficient (Wildman–Crippen LogP) is 4.01. The molecule has 1 N–H and O–H groups in total. The lowest BCUT2D eigenvalue weighted by Crippen LogP contribution is -2.22. The zero-order valence-electron chi connectivity index (χ0n) is 13.3. The van der Waals surface area contributed by atoms with Crippen LogP contribution < -0.4 is 10.1 Å². The van der Waals surface area contributed by atoms with E-state index in [1.165, 1.54) is 12.7 Å². The van der Waals surface area contributed by atoms with Crippen molar-refractivity contribution in [1.29, 1.82) is 0 Å². The Hall–Kier alpha value is -2.43. The minimum atomic E-state index is -0.100. The highest BCUT2D eigenvalue weighted by Crippen LogP contribution is 2.26. The molecule has 2 aromatic rings. The van der Waals surface area contributed by atoms with E-state index in [9.17, 15) is 4.79 Å². The number of carbonyl (C=O) groups excluding carboxylic acids is 1. The van der Waals surface area contributed by atoms with E-state index >= 15 is 0 Å². The number of hydrogen-bond donors (Lipinski definition) is 1. The number of aromatic nitrogens is 2. The van der Waals surface area contributed by atoms with E-state index in [1.54, 1.807) is 12.1 Å². The number of benzene rings is 1. The zero-order chi connectivity index (χ0) is 16.1. The third-order valence-electron chi connectivity index (χ3n) is 4.09. The second-order valence-corrected chi connectivity index (χ2v) is 5.95. The summed E-state index contributed by atoms with van der Waals surface area (Å²) in [5.41, 5.74) is 1.79. The average molecular weight is 311 g/mol. The van der Waals surface area contributed by atoms with E-state index in [2.05, 4.69) is 15.3 Å². The summed E-state index contributed by atoms with van der Waals surface area (Å²) in [5.74, 6) is 1.29. The molecular formula is C18H21N3O2.